The maximum Gasteiger partial charge on any atom is 0.234 e. The van der Waals surface area contributed by atoms with Crippen LogP contribution in [-0.4, -0.2) is 25.5 Å². The molecule has 0 saturated heterocycles. The highest BCUT2D eigenvalue weighted by Gasteiger charge is 2.11. The van der Waals surface area contributed by atoms with Crippen molar-refractivity contribution < 1.29 is 4.79 Å². The van der Waals surface area contributed by atoms with Crippen molar-refractivity contribution in [2.24, 2.45) is 0 Å². The van der Waals surface area contributed by atoms with Gasteiger partial charge in [-0.05, 0) is 71.3 Å². The van der Waals surface area contributed by atoms with E-state index in [0.29, 0.717) is 12.6 Å². The van der Waals surface area contributed by atoms with E-state index < -0.39 is 0 Å². The number of rotatable bonds is 35. The van der Waals surface area contributed by atoms with Crippen LogP contribution in [0.25, 0.3) is 0 Å². The molecule has 1 amide bonds. The van der Waals surface area contributed by atoms with Crippen molar-refractivity contribution in [3.05, 3.63) is 24.3 Å². The zero-order valence-corrected chi connectivity index (χ0v) is 29.7. The van der Waals surface area contributed by atoms with Crippen LogP contribution < -0.4 is 10.6 Å². The average Bonchev–Trinajstić information content (AvgIpc) is 3.00. The largest absolute Gasteiger partial charge is 0.352 e. The molecule has 0 unspecified atom stereocenters. The Morgan fingerprint density at radius 3 is 1.09 bits per heavy atom. The summed E-state index contributed by atoms with van der Waals surface area (Å²) >= 11 is 0. The zero-order chi connectivity index (χ0) is 31.3. The third-order valence-electron chi connectivity index (χ3n) is 8.83. The lowest BCUT2D eigenvalue weighted by atomic mass is 9.99. The molecule has 0 aliphatic carbocycles. The Kier molecular flexibility index (Phi) is 36.2. The van der Waals surface area contributed by atoms with Crippen LogP contribution in [-0.2, 0) is 4.79 Å². The van der Waals surface area contributed by atoms with Gasteiger partial charge in [-0.1, -0.05) is 167 Å². The third kappa shape index (κ3) is 35.3. The Balaban J connectivity index is 3.74. The summed E-state index contributed by atoms with van der Waals surface area (Å²) < 4.78 is 0. The van der Waals surface area contributed by atoms with Gasteiger partial charge in [0.2, 0.25) is 5.91 Å². The molecule has 0 bridgehead atoms. The minimum Gasteiger partial charge on any atom is -0.352 e. The van der Waals surface area contributed by atoms with E-state index in [1.807, 2.05) is 7.05 Å². The molecule has 0 aromatic rings. The molecule has 43 heavy (non-hydrogen) atoms. The number of carbonyl (C=O) groups excluding carboxylic acids is 1. The van der Waals surface area contributed by atoms with Gasteiger partial charge in [0.15, 0.2) is 0 Å². The predicted octanol–water partition coefficient (Wildman–Crippen LogP) is 12.5. The minimum absolute atomic E-state index is 0.154. The highest BCUT2D eigenvalue weighted by atomic mass is 16.1. The number of unbranched alkanes of at least 4 members (excludes halogenated alkanes) is 24. The van der Waals surface area contributed by atoms with E-state index in [1.54, 1.807) is 0 Å². The molecule has 0 spiro atoms. The van der Waals surface area contributed by atoms with Crippen molar-refractivity contribution in [2.75, 3.05) is 13.6 Å². The van der Waals surface area contributed by atoms with E-state index in [0.717, 1.165) is 12.8 Å². The average molecular weight is 603 g/mol. The first-order valence-corrected chi connectivity index (χ1v) is 19.5. The number of hydrogen-bond donors (Lipinski definition) is 2. The van der Waals surface area contributed by atoms with Gasteiger partial charge in [-0.25, -0.2) is 0 Å². The number of allylic oxidation sites excluding steroid dienone is 4. The molecule has 0 atom stereocenters. The second-order valence-corrected chi connectivity index (χ2v) is 13.2. The molecule has 0 aromatic heterocycles. The quantitative estimate of drug-likeness (QED) is 0.0559. The molecule has 254 valence electrons. The van der Waals surface area contributed by atoms with Crippen molar-refractivity contribution in [1.82, 2.24) is 10.6 Å². The fourth-order valence-corrected chi connectivity index (χ4v) is 6.00. The van der Waals surface area contributed by atoms with E-state index in [9.17, 15) is 4.79 Å². The van der Waals surface area contributed by atoms with Crippen molar-refractivity contribution >= 4 is 5.91 Å². The number of hydrogen-bond acceptors (Lipinski definition) is 2. The highest BCUT2D eigenvalue weighted by molar-refractivity contribution is 5.78. The summed E-state index contributed by atoms with van der Waals surface area (Å²) in [6, 6.07) is 0.356. The molecular formula is C40H78N2O. The Morgan fingerprint density at radius 2 is 0.767 bits per heavy atom. The fraction of sp³-hybridized carbons (Fsp3) is 0.875. The fourth-order valence-electron chi connectivity index (χ4n) is 6.00. The molecule has 0 aliphatic rings. The molecule has 0 aromatic carbocycles. The minimum atomic E-state index is 0.154. The monoisotopic (exact) mass is 603 g/mol. The first kappa shape index (κ1) is 41.9. The standard InChI is InChI=1S/C40H78N2O/c1-4-6-8-10-12-14-16-18-20-22-24-26-28-30-32-34-36-39(42-40(43)38-41-3)37-35-33-31-29-27-25-23-21-19-17-15-13-11-9-7-5-2/h18-21,39,41H,4-17,22-38H2,1-3H3,(H,42,43)/b20-18-,21-19-. The lowest BCUT2D eigenvalue weighted by Crippen LogP contribution is -2.39. The first-order chi connectivity index (χ1) is 21.2. The van der Waals surface area contributed by atoms with Crippen LogP contribution in [0.2, 0.25) is 0 Å². The molecule has 3 heteroatoms. The second kappa shape index (κ2) is 37.1. The lowest BCUT2D eigenvalue weighted by Gasteiger charge is -2.19. The van der Waals surface area contributed by atoms with Gasteiger partial charge in [-0.3, -0.25) is 4.79 Å². The molecule has 0 fully saturated rings. The van der Waals surface area contributed by atoms with Gasteiger partial charge in [-0.15, -0.1) is 0 Å². The van der Waals surface area contributed by atoms with Crippen LogP contribution in [0, 0.1) is 0 Å². The smallest absolute Gasteiger partial charge is 0.234 e. The Labute approximate surface area is 271 Å². The van der Waals surface area contributed by atoms with Crippen molar-refractivity contribution in [2.45, 2.75) is 213 Å². The van der Waals surface area contributed by atoms with E-state index >= 15 is 0 Å². The van der Waals surface area contributed by atoms with Crippen LogP contribution in [0.15, 0.2) is 24.3 Å². The second-order valence-electron chi connectivity index (χ2n) is 13.2. The normalized spacial score (nSPS) is 11.9. The third-order valence-corrected chi connectivity index (χ3v) is 8.83. The summed E-state index contributed by atoms with van der Waals surface area (Å²) in [5.74, 6) is 0.154. The maximum absolute atomic E-state index is 12.2. The molecule has 3 nitrogen and oxygen atoms in total. The van der Waals surface area contributed by atoms with Crippen LogP contribution in [0.3, 0.4) is 0 Å². The summed E-state index contributed by atoms with van der Waals surface area (Å²) in [5.41, 5.74) is 0. The van der Waals surface area contributed by atoms with Crippen LogP contribution in [0.5, 0.6) is 0 Å². The maximum atomic E-state index is 12.2. The van der Waals surface area contributed by atoms with E-state index in [1.165, 1.54) is 180 Å². The number of carbonyl (C=O) groups is 1. The van der Waals surface area contributed by atoms with Crippen LogP contribution in [0.4, 0.5) is 0 Å². The molecule has 0 rings (SSSR count). The van der Waals surface area contributed by atoms with Gasteiger partial charge in [-0.2, -0.15) is 0 Å². The summed E-state index contributed by atoms with van der Waals surface area (Å²) in [7, 11) is 1.85. The van der Waals surface area contributed by atoms with Crippen molar-refractivity contribution in [1.29, 1.82) is 0 Å². The summed E-state index contributed by atoms with van der Waals surface area (Å²) in [6.07, 6.45) is 49.6. The molecule has 0 aliphatic heterocycles. The Bertz CT molecular complexity index is 557. The number of likely N-dealkylation sites (N-methyl/N-ethyl adjacent to an activating group) is 1. The Hall–Kier alpha value is -1.09. The van der Waals surface area contributed by atoms with E-state index in [2.05, 4.69) is 48.8 Å². The zero-order valence-electron chi connectivity index (χ0n) is 29.7. The van der Waals surface area contributed by atoms with E-state index in [4.69, 9.17) is 0 Å². The van der Waals surface area contributed by atoms with Crippen molar-refractivity contribution in [3.8, 4) is 0 Å². The summed E-state index contributed by atoms with van der Waals surface area (Å²) in [6.45, 7) is 5.00. The van der Waals surface area contributed by atoms with Gasteiger partial charge in [0.05, 0.1) is 6.54 Å². The van der Waals surface area contributed by atoms with Gasteiger partial charge in [0, 0.05) is 6.04 Å². The number of amides is 1. The highest BCUT2D eigenvalue weighted by Crippen LogP contribution is 2.16. The van der Waals surface area contributed by atoms with Gasteiger partial charge in [0.25, 0.3) is 0 Å². The van der Waals surface area contributed by atoms with Crippen LogP contribution in [0.1, 0.15) is 206 Å². The van der Waals surface area contributed by atoms with Crippen molar-refractivity contribution in [3.63, 3.8) is 0 Å². The molecule has 0 heterocycles. The molecule has 2 N–H and O–H groups in total. The van der Waals surface area contributed by atoms with E-state index in [-0.39, 0.29) is 5.91 Å². The molecule has 0 radical (unpaired) electrons. The van der Waals surface area contributed by atoms with Gasteiger partial charge in [0.1, 0.15) is 0 Å². The summed E-state index contributed by atoms with van der Waals surface area (Å²) in [4.78, 5) is 12.2. The lowest BCUT2D eigenvalue weighted by molar-refractivity contribution is -0.120. The number of nitrogens with one attached hydrogen (secondary N) is 2. The molecule has 0 saturated carbocycles. The van der Waals surface area contributed by atoms with Gasteiger partial charge < -0.3 is 10.6 Å². The SMILES string of the molecule is CCCCCCCC/C=C\CCCCCCCCC(CCCCCCCC/C=C\CCCCCCCC)NC(=O)CNC. The topological polar surface area (TPSA) is 41.1 Å². The van der Waals surface area contributed by atoms with Gasteiger partial charge >= 0.3 is 0 Å². The molecular weight excluding hydrogens is 524 g/mol. The van der Waals surface area contributed by atoms with Crippen LogP contribution >= 0.6 is 0 Å². The first-order valence-electron chi connectivity index (χ1n) is 19.5. The summed E-state index contributed by atoms with van der Waals surface area (Å²) in [5, 5.41) is 6.30. The predicted molar refractivity (Wildman–Crippen MR) is 194 cm³/mol. The Morgan fingerprint density at radius 1 is 0.465 bits per heavy atom.